The third kappa shape index (κ3) is 4.31. The number of hydrogen-bond donors (Lipinski definition) is 0. The van der Waals surface area contributed by atoms with Gasteiger partial charge >= 0.3 is 0 Å². The molecule has 1 aromatic carbocycles. The summed E-state index contributed by atoms with van der Waals surface area (Å²) in [6, 6.07) is 9.86. The van der Waals surface area contributed by atoms with Crippen molar-refractivity contribution in [1.29, 1.82) is 0 Å². The van der Waals surface area contributed by atoms with E-state index in [1.807, 2.05) is 30.3 Å². The Balaban J connectivity index is 1.70. The standard InChI is InChI=1S/C15H20O2/c16-14(11-13-7-3-1-4-8-13)12-17-15-9-5-2-6-10-15/h1,3-4,7-8,15H,2,5-6,9-12H2. The maximum Gasteiger partial charge on any atom is 0.162 e. The summed E-state index contributed by atoms with van der Waals surface area (Å²) in [6.07, 6.45) is 6.88. The summed E-state index contributed by atoms with van der Waals surface area (Å²) in [7, 11) is 0. The normalized spacial score (nSPS) is 16.9. The van der Waals surface area contributed by atoms with Crippen molar-refractivity contribution in [2.24, 2.45) is 0 Å². The zero-order valence-electron chi connectivity index (χ0n) is 10.2. The maximum atomic E-state index is 11.7. The molecule has 1 aliphatic rings. The minimum atomic E-state index is 0.182. The van der Waals surface area contributed by atoms with E-state index in [2.05, 4.69) is 0 Å². The average Bonchev–Trinajstić information content (AvgIpc) is 2.39. The monoisotopic (exact) mass is 232 g/mol. The van der Waals surface area contributed by atoms with Gasteiger partial charge in [0.15, 0.2) is 5.78 Å². The molecule has 2 rings (SSSR count). The van der Waals surface area contributed by atoms with Gasteiger partial charge in [0.25, 0.3) is 0 Å². The molecule has 0 unspecified atom stereocenters. The third-order valence-electron chi connectivity index (χ3n) is 3.28. The molecule has 0 N–H and O–H groups in total. The van der Waals surface area contributed by atoms with Crippen LogP contribution in [0.5, 0.6) is 0 Å². The molecule has 0 aromatic heterocycles. The van der Waals surface area contributed by atoms with E-state index in [0.29, 0.717) is 12.5 Å². The Morgan fingerprint density at radius 2 is 1.82 bits per heavy atom. The molecule has 1 fully saturated rings. The first-order valence-electron chi connectivity index (χ1n) is 6.52. The SMILES string of the molecule is O=C(COC1CCCCC1)Cc1ccccc1. The van der Waals surface area contributed by atoms with Crippen LogP contribution in [0, 0.1) is 0 Å². The lowest BCUT2D eigenvalue weighted by Gasteiger charge is -2.21. The average molecular weight is 232 g/mol. The van der Waals surface area contributed by atoms with Crippen molar-refractivity contribution in [3.63, 3.8) is 0 Å². The molecular weight excluding hydrogens is 212 g/mol. The highest BCUT2D eigenvalue weighted by Crippen LogP contribution is 2.20. The summed E-state index contributed by atoms with van der Waals surface area (Å²) < 4.78 is 5.67. The molecule has 17 heavy (non-hydrogen) atoms. The summed E-state index contributed by atoms with van der Waals surface area (Å²) in [5.41, 5.74) is 1.07. The molecule has 1 aliphatic carbocycles. The Bertz CT molecular complexity index is 339. The molecule has 0 amide bonds. The Morgan fingerprint density at radius 3 is 2.53 bits per heavy atom. The second kappa shape index (κ2) is 6.55. The summed E-state index contributed by atoms with van der Waals surface area (Å²) in [6.45, 7) is 0.277. The minimum Gasteiger partial charge on any atom is -0.370 e. The number of carbonyl (C=O) groups excluding carboxylic acids is 1. The van der Waals surface area contributed by atoms with Crippen molar-refractivity contribution >= 4 is 5.78 Å². The highest BCUT2D eigenvalue weighted by atomic mass is 16.5. The van der Waals surface area contributed by atoms with Crippen LogP contribution in [-0.2, 0) is 16.0 Å². The van der Waals surface area contributed by atoms with Crippen LogP contribution >= 0.6 is 0 Å². The van der Waals surface area contributed by atoms with E-state index in [9.17, 15) is 4.79 Å². The van der Waals surface area contributed by atoms with Crippen molar-refractivity contribution in [3.8, 4) is 0 Å². The smallest absolute Gasteiger partial charge is 0.162 e. The van der Waals surface area contributed by atoms with Gasteiger partial charge in [-0.2, -0.15) is 0 Å². The van der Waals surface area contributed by atoms with Gasteiger partial charge in [-0.05, 0) is 18.4 Å². The van der Waals surface area contributed by atoms with E-state index in [4.69, 9.17) is 4.74 Å². The lowest BCUT2D eigenvalue weighted by Crippen LogP contribution is -2.21. The van der Waals surface area contributed by atoms with Gasteiger partial charge in [0, 0.05) is 6.42 Å². The molecule has 0 spiro atoms. The number of ketones is 1. The number of rotatable bonds is 5. The first kappa shape index (κ1) is 12.3. The molecule has 0 saturated heterocycles. The van der Waals surface area contributed by atoms with E-state index in [1.165, 1.54) is 19.3 Å². The van der Waals surface area contributed by atoms with Crippen LogP contribution in [0.4, 0.5) is 0 Å². The quantitative estimate of drug-likeness (QED) is 0.779. The fourth-order valence-electron chi connectivity index (χ4n) is 2.32. The largest absolute Gasteiger partial charge is 0.370 e. The summed E-state index contributed by atoms with van der Waals surface area (Å²) in [5.74, 6) is 0.182. The van der Waals surface area contributed by atoms with E-state index < -0.39 is 0 Å². The molecule has 0 heterocycles. The highest BCUT2D eigenvalue weighted by molar-refractivity contribution is 5.82. The van der Waals surface area contributed by atoms with Crippen LogP contribution < -0.4 is 0 Å². The first-order valence-corrected chi connectivity index (χ1v) is 6.52. The molecule has 92 valence electrons. The van der Waals surface area contributed by atoms with Crippen molar-refractivity contribution in [3.05, 3.63) is 35.9 Å². The maximum absolute atomic E-state index is 11.7. The van der Waals surface area contributed by atoms with Gasteiger partial charge in [0.05, 0.1) is 6.10 Å². The van der Waals surface area contributed by atoms with Crippen molar-refractivity contribution in [2.75, 3.05) is 6.61 Å². The van der Waals surface area contributed by atoms with E-state index >= 15 is 0 Å². The number of benzene rings is 1. The van der Waals surface area contributed by atoms with Gasteiger partial charge in [0.1, 0.15) is 6.61 Å². The van der Waals surface area contributed by atoms with Gasteiger partial charge in [-0.25, -0.2) is 0 Å². The van der Waals surface area contributed by atoms with Crippen LogP contribution in [0.2, 0.25) is 0 Å². The molecular formula is C15H20O2. The second-order valence-corrected chi connectivity index (χ2v) is 4.77. The van der Waals surface area contributed by atoms with E-state index in [0.717, 1.165) is 18.4 Å². The molecule has 0 radical (unpaired) electrons. The number of hydrogen-bond acceptors (Lipinski definition) is 2. The predicted molar refractivity (Wildman–Crippen MR) is 68.0 cm³/mol. The van der Waals surface area contributed by atoms with E-state index in [-0.39, 0.29) is 12.4 Å². The van der Waals surface area contributed by atoms with Crippen LogP contribution in [0.15, 0.2) is 30.3 Å². The molecule has 0 aliphatic heterocycles. The van der Waals surface area contributed by atoms with Crippen molar-refractivity contribution in [1.82, 2.24) is 0 Å². The highest BCUT2D eigenvalue weighted by Gasteiger charge is 2.15. The molecule has 0 bridgehead atoms. The molecule has 1 saturated carbocycles. The Morgan fingerprint density at radius 1 is 1.12 bits per heavy atom. The van der Waals surface area contributed by atoms with Crippen LogP contribution in [-0.4, -0.2) is 18.5 Å². The predicted octanol–water partition coefficient (Wildman–Crippen LogP) is 3.15. The van der Waals surface area contributed by atoms with Crippen LogP contribution in [0.3, 0.4) is 0 Å². The van der Waals surface area contributed by atoms with Gasteiger partial charge in [-0.1, -0.05) is 49.6 Å². The van der Waals surface area contributed by atoms with Gasteiger partial charge in [-0.3, -0.25) is 4.79 Å². The lowest BCUT2D eigenvalue weighted by molar-refractivity contribution is -0.125. The zero-order valence-corrected chi connectivity index (χ0v) is 10.2. The number of carbonyl (C=O) groups is 1. The van der Waals surface area contributed by atoms with Gasteiger partial charge < -0.3 is 4.74 Å². The van der Waals surface area contributed by atoms with Gasteiger partial charge in [0.2, 0.25) is 0 Å². The molecule has 2 heteroatoms. The molecule has 1 aromatic rings. The lowest BCUT2D eigenvalue weighted by atomic mass is 9.98. The summed E-state index contributed by atoms with van der Waals surface area (Å²) in [5, 5.41) is 0. The second-order valence-electron chi connectivity index (χ2n) is 4.77. The Labute approximate surface area is 103 Å². The van der Waals surface area contributed by atoms with Crippen LogP contribution in [0.1, 0.15) is 37.7 Å². The fourth-order valence-corrected chi connectivity index (χ4v) is 2.32. The fraction of sp³-hybridized carbons (Fsp3) is 0.533. The van der Waals surface area contributed by atoms with Crippen molar-refractivity contribution in [2.45, 2.75) is 44.6 Å². The topological polar surface area (TPSA) is 26.3 Å². The Kier molecular flexibility index (Phi) is 4.75. The van der Waals surface area contributed by atoms with Crippen LogP contribution in [0.25, 0.3) is 0 Å². The van der Waals surface area contributed by atoms with E-state index in [1.54, 1.807) is 0 Å². The zero-order chi connectivity index (χ0) is 11.9. The summed E-state index contributed by atoms with van der Waals surface area (Å²) >= 11 is 0. The minimum absolute atomic E-state index is 0.182. The molecule has 0 atom stereocenters. The van der Waals surface area contributed by atoms with Crippen molar-refractivity contribution < 1.29 is 9.53 Å². The number of Topliss-reactive ketones (excluding diaryl/α,β-unsaturated/α-hetero) is 1. The first-order chi connectivity index (χ1) is 8.34. The third-order valence-corrected chi connectivity index (χ3v) is 3.28. The summed E-state index contributed by atoms with van der Waals surface area (Å²) in [4.78, 5) is 11.7. The Hall–Kier alpha value is -1.15. The number of ether oxygens (including phenoxy) is 1. The molecule has 2 nitrogen and oxygen atoms in total. The van der Waals surface area contributed by atoms with Gasteiger partial charge in [-0.15, -0.1) is 0 Å².